The van der Waals surface area contributed by atoms with Gasteiger partial charge in [0.1, 0.15) is 12.0 Å². The van der Waals surface area contributed by atoms with Crippen LogP contribution in [0.3, 0.4) is 0 Å². The second-order valence-electron chi connectivity index (χ2n) is 7.81. The fraction of sp³-hybridized carbons (Fsp3) is 0.737. The molecule has 3 fully saturated rings. The predicted molar refractivity (Wildman–Crippen MR) is 98.2 cm³/mol. The Labute approximate surface area is 155 Å². The lowest BCUT2D eigenvalue weighted by molar-refractivity contribution is -0.00101. The van der Waals surface area contributed by atoms with Gasteiger partial charge in [0.2, 0.25) is 0 Å². The number of piperidine rings is 1. The SMILES string of the molecule is CN1CCN(C(=O)c2coc(CN3CCOCC3)c2)CC12CCNCC2. The highest BCUT2D eigenvalue weighted by molar-refractivity contribution is 5.94. The summed E-state index contributed by atoms with van der Waals surface area (Å²) in [5.41, 5.74) is 0.807. The van der Waals surface area contributed by atoms with Crippen molar-refractivity contribution in [3.05, 3.63) is 23.7 Å². The van der Waals surface area contributed by atoms with E-state index in [9.17, 15) is 4.79 Å². The molecule has 4 heterocycles. The van der Waals surface area contributed by atoms with Gasteiger partial charge in [-0.25, -0.2) is 0 Å². The normalized spacial score (nSPS) is 24.9. The molecule has 1 spiro atoms. The van der Waals surface area contributed by atoms with E-state index in [1.165, 1.54) is 0 Å². The maximum absolute atomic E-state index is 13.0. The quantitative estimate of drug-likeness (QED) is 0.851. The third-order valence-corrected chi connectivity index (χ3v) is 6.21. The van der Waals surface area contributed by atoms with Crippen LogP contribution in [0.2, 0.25) is 0 Å². The molecule has 7 heteroatoms. The van der Waals surface area contributed by atoms with E-state index in [-0.39, 0.29) is 11.4 Å². The summed E-state index contributed by atoms with van der Waals surface area (Å²) in [6.45, 7) is 8.71. The molecule has 26 heavy (non-hydrogen) atoms. The summed E-state index contributed by atoms with van der Waals surface area (Å²) in [5, 5.41) is 3.44. The number of nitrogens with one attached hydrogen (secondary N) is 1. The second-order valence-corrected chi connectivity index (χ2v) is 7.81. The summed E-state index contributed by atoms with van der Waals surface area (Å²) < 4.78 is 11.1. The number of nitrogens with zero attached hydrogens (tertiary/aromatic N) is 3. The first-order valence-corrected chi connectivity index (χ1v) is 9.75. The van der Waals surface area contributed by atoms with Crippen LogP contribution in [0.4, 0.5) is 0 Å². The Kier molecular flexibility index (Phi) is 5.31. The number of hydrogen-bond donors (Lipinski definition) is 1. The topological polar surface area (TPSA) is 61.2 Å². The lowest BCUT2D eigenvalue weighted by atomic mass is 9.84. The van der Waals surface area contributed by atoms with Crippen molar-refractivity contribution in [3.8, 4) is 0 Å². The molecule has 0 aliphatic carbocycles. The van der Waals surface area contributed by atoms with Crippen molar-refractivity contribution in [3.63, 3.8) is 0 Å². The first-order chi connectivity index (χ1) is 12.7. The first kappa shape index (κ1) is 18.0. The molecule has 1 aromatic rings. The van der Waals surface area contributed by atoms with Crippen LogP contribution in [0.25, 0.3) is 0 Å². The molecule has 3 aliphatic heterocycles. The number of morpholine rings is 1. The zero-order valence-corrected chi connectivity index (χ0v) is 15.7. The third-order valence-electron chi connectivity index (χ3n) is 6.21. The molecular weight excluding hydrogens is 332 g/mol. The van der Waals surface area contributed by atoms with Crippen molar-refractivity contribution >= 4 is 5.91 Å². The van der Waals surface area contributed by atoms with E-state index < -0.39 is 0 Å². The fourth-order valence-electron chi connectivity index (χ4n) is 4.41. The van der Waals surface area contributed by atoms with Gasteiger partial charge in [0.25, 0.3) is 5.91 Å². The third kappa shape index (κ3) is 3.67. The molecule has 144 valence electrons. The number of amides is 1. The number of piperazine rings is 1. The van der Waals surface area contributed by atoms with Crippen LogP contribution < -0.4 is 5.32 Å². The highest BCUT2D eigenvalue weighted by atomic mass is 16.5. The fourth-order valence-corrected chi connectivity index (χ4v) is 4.41. The number of furan rings is 1. The minimum atomic E-state index is 0.105. The Morgan fingerprint density at radius 2 is 1.96 bits per heavy atom. The summed E-state index contributed by atoms with van der Waals surface area (Å²) in [4.78, 5) is 19.8. The highest BCUT2D eigenvalue weighted by Gasteiger charge is 2.42. The van der Waals surface area contributed by atoms with Gasteiger partial charge in [0.15, 0.2) is 0 Å². The van der Waals surface area contributed by atoms with E-state index >= 15 is 0 Å². The second kappa shape index (κ2) is 7.68. The molecular formula is C19H30N4O3. The van der Waals surface area contributed by atoms with Gasteiger partial charge in [-0.15, -0.1) is 0 Å². The van der Waals surface area contributed by atoms with Crippen LogP contribution in [0, 0.1) is 0 Å². The first-order valence-electron chi connectivity index (χ1n) is 9.75. The van der Waals surface area contributed by atoms with E-state index in [0.29, 0.717) is 5.56 Å². The average Bonchev–Trinajstić information content (AvgIpc) is 3.13. The number of carbonyl (C=O) groups excluding carboxylic acids is 1. The van der Waals surface area contributed by atoms with Crippen molar-refractivity contribution in [2.45, 2.75) is 24.9 Å². The van der Waals surface area contributed by atoms with Gasteiger partial charge in [0.05, 0.1) is 25.3 Å². The van der Waals surface area contributed by atoms with Crippen LogP contribution in [-0.4, -0.2) is 92.2 Å². The Hall–Kier alpha value is -1.41. The van der Waals surface area contributed by atoms with E-state index in [0.717, 1.165) is 84.2 Å². The molecule has 0 saturated carbocycles. The number of rotatable bonds is 3. The molecule has 0 radical (unpaired) electrons. The zero-order chi connectivity index (χ0) is 18.0. The van der Waals surface area contributed by atoms with Gasteiger partial charge in [-0.1, -0.05) is 0 Å². The Morgan fingerprint density at radius 3 is 2.73 bits per heavy atom. The number of hydrogen-bond acceptors (Lipinski definition) is 6. The van der Waals surface area contributed by atoms with Crippen molar-refractivity contribution in [1.82, 2.24) is 20.0 Å². The molecule has 1 amide bonds. The van der Waals surface area contributed by atoms with Gasteiger partial charge in [0, 0.05) is 38.3 Å². The van der Waals surface area contributed by atoms with Crippen LogP contribution in [0.1, 0.15) is 29.0 Å². The summed E-state index contributed by atoms with van der Waals surface area (Å²) in [5.74, 6) is 0.967. The molecule has 0 aromatic carbocycles. The van der Waals surface area contributed by atoms with Crippen LogP contribution in [0.15, 0.2) is 16.7 Å². The minimum Gasteiger partial charge on any atom is -0.467 e. The lowest BCUT2D eigenvalue weighted by Gasteiger charge is -2.51. The van der Waals surface area contributed by atoms with E-state index in [1.807, 2.05) is 11.0 Å². The Bertz CT molecular complexity index is 620. The maximum atomic E-state index is 13.0. The molecule has 3 aliphatic rings. The van der Waals surface area contributed by atoms with Gasteiger partial charge in [-0.3, -0.25) is 14.6 Å². The van der Waals surface area contributed by atoms with Gasteiger partial charge < -0.3 is 19.4 Å². The Morgan fingerprint density at radius 1 is 1.19 bits per heavy atom. The molecule has 7 nitrogen and oxygen atoms in total. The smallest absolute Gasteiger partial charge is 0.257 e. The molecule has 1 N–H and O–H groups in total. The average molecular weight is 362 g/mol. The number of carbonyl (C=O) groups is 1. The minimum absolute atomic E-state index is 0.105. The van der Waals surface area contributed by atoms with E-state index in [1.54, 1.807) is 6.26 Å². The van der Waals surface area contributed by atoms with E-state index in [2.05, 4.69) is 22.2 Å². The molecule has 4 rings (SSSR count). The van der Waals surface area contributed by atoms with Crippen molar-refractivity contribution in [2.75, 3.05) is 66.1 Å². The van der Waals surface area contributed by atoms with Crippen LogP contribution in [0.5, 0.6) is 0 Å². The summed E-state index contributed by atoms with van der Waals surface area (Å²) in [7, 11) is 2.20. The highest BCUT2D eigenvalue weighted by Crippen LogP contribution is 2.30. The largest absolute Gasteiger partial charge is 0.467 e. The monoisotopic (exact) mass is 362 g/mol. The summed E-state index contributed by atoms with van der Waals surface area (Å²) in [6.07, 6.45) is 3.83. The van der Waals surface area contributed by atoms with Gasteiger partial charge in [-0.05, 0) is 39.0 Å². The zero-order valence-electron chi connectivity index (χ0n) is 15.7. The maximum Gasteiger partial charge on any atom is 0.257 e. The van der Waals surface area contributed by atoms with E-state index in [4.69, 9.17) is 9.15 Å². The molecule has 0 bridgehead atoms. The van der Waals surface area contributed by atoms with Crippen molar-refractivity contribution in [1.29, 1.82) is 0 Å². The molecule has 1 aromatic heterocycles. The van der Waals surface area contributed by atoms with Crippen LogP contribution >= 0.6 is 0 Å². The number of likely N-dealkylation sites (N-methyl/N-ethyl adjacent to an activating group) is 1. The predicted octanol–water partition coefficient (Wildman–Crippen LogP) is 0.622. The summed E-state index contributed by atoms with van der Waals surface area (Å²) >= 11 is 0. The molecule has 0 unspecified atom stereocenters. The lowest BCUT2D eigenvalue weighted by Crippen LogP contribution is -2.64. The van der Waals surface area contributed by atoms with Gasteiger partial charge >= 0.3 is 0 Å². The van der Waals surface area contributed by atoms with Gasteiger partial charge in [-0.2, -0.15) is 0 Å². The van der Waals surface area contributed by atoms with Crippen LogP contribution in [-0.2, 0) is 11.3 Å². The van der Waals surface area contributed by atoms with Crippen molar-refractivity contribution < 1.29 is 13.9 Å². The van der Waals surface area contributed by atoms with Crippen molar-refractivity contribution in [2.24, 2.45) is 0 Å². The standard InChI is InChI=1S/C19H30N4O3/c1-21-6-7-23(15-19(21)2-4-20-5-3-19)18(24)16-12-17(26-14-16)13-22-8-10-25-11-9-22/h12,14,20H,2-11,13,15H2,1H3. The molecule has 0 atom stereocenters. The molecule has 3 saturated heterocycles. The summed E-state index contributed by atoms with van der Waals surface area (Å²) in [6, 6.07) is 1.92. The number of ether oxygens (including phenoxy) is 1. The Balaban J connectivity index is 1.40.